The number of nitrogens with one attached hydrogen (secondary N) is 1. The molecule has 0 spiro atoms. The van der Waals surface area contributed by atoms with E-state index in [4.69, 9.17) is 16.3 Å². The zero-order valence-corrected chi connectivity index (χ0v) is 25.7. The molecule has 0 unspecified atom stereocenters. The molecule has 41 heavy (non-hydrogen) atoms. The number of carbonyl (C=O) groups excluding carboxylic acids is 2. The number of rotatable bonds is 13. The first kappa shape index (κ1) is 32.0. The molecule has 2 amide bonds. The Kier molecular flexibility index (Phi) is 11.2. The molecule has 10 heteroatoms. The summed E-state index contributed by atoms with van der Waals surface area (Å²) in [5, 5.41) is 3.42. The molecule has 0 saturated carbocycles. The average molecular weight is 600 g/mol. The van der Waals surface area contributed by atoms with Crippen LogP contribution in [-0.4, -0.2) is 50.9 Å². The van der Waals surface area contributed by atoms with Gasteiger partial charge < -0.3 is 15.0 Å². The quantitative estimate of drug-likeness (QED) is 0.283. The van der Waals surface area contributed by atoms with Crippen LogP contribution in [-0.2, 0) is 26.2 Å². The highest BCUT2D eigenvalue weighted by molar-refractivity contribution is 7.92. The number of hydrogen-bond donors (Lipinski definition) is 1. The number of hydrogen-bond acceptors (Lipinski definition) is 5. The minimum Gasteiger partial charge on any atom is -0.492 e. The molecule has 3 rings (SSSR count). The molecule has 0 aliphatic heterocycles. The van der Waals surface area contributed by atoms with Gasteiger partial charge in [0, 0.05) is 18.1 Å². The summed E-state index contributed by atoms with van der Waals surface area (Å²) >= 11 is 6.06. The van der Waals surface area contributed by atoms with Crippen molar-refractivity contribution in [2.75, 3.05) is 24.0 Å². The molecule has 8 nitrogen and oxygen atoms in total. The van der Waals surface area contributed by atoms with Gasteiger partial charge in [0.25, 0.3) is 10.0 Å². The van der Waals surface area contributed by atoms with E-state index < -0.39 is 28.5 Å². The maximum absolute atomic E-state index is 14.1. The van der Waals surface area contributed by atoms with Crippen LogP contribution < -0.4 is 14.4 Å². The summed E-state index contributed by atoms with van der Waals surface area (Å²) in [6, 6.07) is 19.2. The van der Waals surface area contributed by atoms with Gasteiger partial charge in [0.1, 0.15) is 18.3 Å². The number of nitrogens with zero attached hydrogens (tertiary/aromatic N) is 2. The number of benzene rings is 3. The monoisotopic (exact) mass is 599 g/mol. The van der Waals surface area contributed by atoms with E-state index in [2.05, 4.69) is 5.32 Å². The van der Waals surface area contributed by atoms with Gasteiger partial charge in [0.15, 0.2) is 0 Å². The van der Waals surface area contributed by atoms with Crippen molar-refractivity contribution in [1.29, 1.82) is 0 Å². The second-order valence-electron chi connectivity index (χ2n) is 10.2. The summed E-state index contributed by atoms with van der Waals surface area (Å²) in [4.78, 5) is 28.6. The number of amides is 2. The number of para-hydroxylation sites is 2. The van der Waals surface area contributed by atoms with E-state index in [0.29, 0.717) is 23.9 Å². The summed E-state index contributed by atoms with van der Waals surface area (Å²) in [6.07, 6.45) is 0. The van der Waals surface area contributed by atoms with Crippen LogP contribution in [0.4, 0.5) is 5.69 Å². The predicted octanol–water partition coefficient (Wildman–Crippen LogP) is 5.43. The Hall–Kier alpha value is -3.56. The lowest BCUT2D eigenvalue weighted by Crippen LogP contribution is -2.51. The van der Waals surface area contributed by atoms with Crippen LogP contribution >= 0.6 is 11.6 Å². The largest absolute Gasteiger partial charge is 0.492 e. The van der Waals surface area contributed by atoms with Gasteiger partial charge in [-0.15, -0.1) is 0 Å². The van der Waals surface area contributed by atoms with Gasteiger partial charge in [-0.2, -0.15) is 0 Å². The van der Waals surface area contributed by atoms with E-state index in [1.165, 1.54) is 17.0 Å². The molecule has 220 valence electrons. The fourth-order valence-electron chi connectivity index (χ4n) is 4.11. The molecule has 3 aromatic carbocycles. The maximum Gasteiger partial charge on any atom is 0.264 e. The van der Waals surface area contributed by atoms with Gasteiger partial charge in [0.2, 0.25) is 11.8 Å². The Bertz CT molecular complexity index is 1430. The van der Waals surface area contributed by atoms with Crippen molar-refractivity contribution >= 4 is 39.1 Å². The summed E-state index contributed by atoms with van der Waals surface area (Å²) < 4.78 is 34.9. The summed E-state index contributed by atoms with van der Waals surface area (Å²) in [5.41, 5.74) is 1.87. The van der Waals surface area contributed by atoms with Crippen molar-refractivity contribution in [2.45, 2.75) is 52.1 Å². The van der Waals surface area contributed by atoms with E-state index in [9.17, 15) is 18.0 Å². The Balaban J connectivity index is 2.06. The first-order valence-electron chi connectivity index (χ1n) is 13.6. The van der Waals surface area contributed by atoms with Crippen molar-refractivity contribution < 1.29 is 22.7 Å². The third-order valence-corrected chi connectivity index (χ3v) is 8.47. The van der Waals surface area contributed by atoms with Crippen molar-refractivity contribution in [2.24, 2.45) is 5.92 Å². The Morgan fingerprint density at radius 3 is 2.20 bits per heavy atom. The molecular formula is C31H38ClN3O5S. The van der Waals surface area contributed by atoms with E-state index in [1.807, 2.05) is 20.8 Å². The molecule has 0 radical (unpaired) electrons. The second-order valence-corrected chi connectivity index (χ2v) is 12.5. The van der Waals surface area contributed by atoms with Crippen LogP contribution in [0.1, 0.15) is 38.8 Å². The molecule has 0 fully saturated rings. The van der Waals surface area contributed by atoms with E-state index in [0.717, 1.165) is 15.4 Å². The minimum absolute atomic E-state index is 0.0363. The molecule has 3 aromatic rings. The lowest BCUT2D eigenvalue weighted by Gasteiger charge is -2.32. The van der Waals surface area contributed by atoms with Crippen LogP contribution in [0.3, 0.4) is 0 Å². The highest BCUT2D eigenvalue weighted by Gasteiger charge is 2.33. The number of carbonyl (C=O) groups is 2. The van der Waals surface area contributed by atoms with Crippen molar-refractivity contribution in [3.8, 4) is 5.75 Å². The van der Waals surface area contributed by atoms with Crippen LogP contribution in [0.2, 0.25) is 5.02 Å². The van der Waals surface area contributed by atoms with Gasteiger partial charge in [-0.1, -0.05) is 67.4 Å². The molecule has 0 bridgehead atoms. The van der Waals surface area contributed by atoms with E-state index in [-0.39, 0.29) is 29.0 Å². The molecule has 0 heterocycles. The fourth-order valence-corrected chi connectivity index (χ4v) is 5.66. The molecule has 1 N–H and O–H groups in total. The molecule has 1 atom stereocenters. The van der Waals surface area contributed by atoms with Gasteiger partial charge >= 0.3 is 0 Å². The van der Waals surface area contributed by atoms with E-state index >= 15 is 0 Å². The van der Waals surface area contributed by atoms with E-state index in [1.54, 1.807) is 74.5 Å². The fraction of sp³-hybridized carbons (Fsp3) is 0.355. The SMILES string of the molecule is CCOc1ccccc1N(CC(=O)N(Cc1ccc(Cl)cc1)[C@H](C)C(=O)NCC(C)C)S(=O)(=O)c1ccc(C)cc1. The first-order valence-corrected chi connectivity index (χ1v) is 15.4. The molecule has 0 saturated heterocycles. The van der Waals surface area contributed by atoms with Gasteiger partial charge in [-0.3, -0.25) is 13.9 Å². The number of aryl methyl sites for hydroxylation is 1. The molecular weight excluding hydrogens is 562 g/mol. The summed E-state index contributed by atoms with van der Waals surface area (Å²) in [5.74, 6) is -0.333. The zero-order valence-electron chi connectivity index (χ0n) is 24.1. The second kappa shape index (κ2) is 14.4. The highest BCUT2D eigenvalue weighted by Crippen LogP contribution is 2.33. The maximum atomic E-state index is 14.1. The number of ether oxygens (including phenoxy) is 1. The standard InChI is InChI=1S/C31H38ClN3O5S/c1-6-40-29-10-8-7-9-28(29)35(41(38,39)27-17-11-23(4)12-18-27)21-30(36)34(20-25-13-15-26(32)16-14-25)24(5)31(37)33-19-22(2)3/h7-18,22,24H,6,19-21H2,1-5H3,(H,33,37)/t24-/m1/s1. The molecule has 0 aromatic heterocycles. The third-order valence-electron chi connectivity index (χ3n) is 6.44. The van der Waals surface area contributed by atoms with Gasteiger partial charge in [0.05, 0.1) is 17.2 Å². The van der Waals surface area contributed by atoms with Crippen LogP contribution in [0.15, 0.2) is 77.7 Å². The van der Waals surface area contributed by atoms with Crippen LogP contribution in [0.25, 0.3) is 0 Å². The Morgan fingerprint density at radius 1 is 0.951 bits per heavy atom. The smallest absolute Gasteiger partial charge is 0.264 e. The van der Waals surface area contributed by atoms with Crippen molar-refractivity contribution in [3.63, 3.8) is 0 Å². The number of halogens is 1. The summed E-state index contributed by atoms with van der Waals surface area (Å²) in [7, 11) is -4.20. The Morgan fingerprint density at radius 2 is 1.59 bits per heavy atom. The predicted molar refractivity (Wildman–Crippen MR) is 163 cm³/mol. The zero-order chi connectivity index (χ0) is 30.2. The van der Waals surface area contributed by atoms with Crippen molar-refractivity contribution in [3.05, 3.63) is 88.9 Å². The lowest BCUT2D eigenvalue weighted by atomic mass is 10.1. The van der Waals surface area contributed by atoms with Gasteiger partial charge in [-0.05, 0) is 68.7 Å². The minimum atomic E-state index is -4.20. The number of sulfonamides is 1. The lowest BCUT2D eigenvalue weighted by molar-refractivity contribution is -0.139. The average Bonchev–Trinajstić information content (AvgIpc) is 2.94. The van der Waals surface area contributed by atoms with Crippen LogP contribution in [0.5, 0.6) is 5.75 Å². The normalized spacial score (nSPS) is 12.1. The molecule has 0 aliphatic carbocycles. The van der Waals surface area contributed by atoms with Gasteiger partial charge in [-0.25, -0.2) is 8.42 Å². The number of anilines is 1. The topological polar surface area (TPSA) is 96.0 Å². The third kappa shape index (κ3) is 8.47. The molecule has 0 aliphatic rings. The van der Waals surface area contributed by atoms with Crippen molar-refractivity contribution in [1.82, 2.24) is 10.2 Å². The first-order chi connectivity index (χ1) is 19.4. The summed E-state index contributed by atoms with van der Waals surface area (Å²) in [6.45, 7) is 9.54. The Labute approximate surface area is 248 Å². The highest BCUT2D eigenvalue weighted by atomic mass is 35.5. The van der Waals surface area contributed by atoms with Crippen LogP contribution in [0, 0.1) is 12.8 Å².